The Balaban J connectivity index is 3.17. The van der Waals surface area contributed by atoms with E-state index >= 15 is 0 Å². The summed E-state index contributed by atoms with van der Waals surface area (Å²) in [5.74, 6) is -0.183. The molecule has 3 nitrogen and oxygen atoms in total. The molecule has 1 aromatic heterocycles. The SMILES string of the molecule is Cc1c[n+](C)cc([O-])n1. The Kier molecular flexibility index (Phi) is 1.34. The van der Waals surface area contributed by atoms with Crippen molar-refractivity contribution >= 4 is 0 Å². The average Bonchev–Trinajstić information content (AvgIpc) is 1.59. The molecule has 0 aliphatic heterocycles. The molecule has 9 heavy (non-hydrogen) atoms. The number of hydrogen-bond donors (Lipinski definition) is 0. The molecule has 0 bridgehead atoms. The summed E-state index contributed by atoms with van der Waals surface area (Å²) >= 11 is 0. The Morgan fingerprint density at radius 1 is 1.56 bits per heavy atom. The second kappa shape index (κ2) is 2.01. The van der Waals surface area contributed by atoms with E-state index in [1.54, 1.807) is 24.7 Å². The van der Waals surface area contributed by atoms with E-state index in [1.165, 1.54) is 6.20 Å². The van der Waals surface area contributed by atoms with Gasteiger partial charge < -0.3 is 5.11 Å². The molecule has 0 atom stereocenters. The van der Waals surface area contributed by atoms with Gasteiger partial charge in [-0.3, -0.25) is 4.98 Å². The van der Waals surface area contributed by atoms with Crippen LogP contribution >= 0.6 is 0 Å². The van der Waals surface area contributed by atoms with Crippen molar-refractivity contribution in [3.05, 3.63) is 18.1 Å². The van der Waals surface area contributed by atoms with E-state index in [4.69, 9.17) is 0 Å². The Labute approximate surface area is 53.6 Å². The van der Waals surface area contributed by atoms with Crippen LogP contribution in [-0.2, 0) is 7.05 Å². The van der Waals surface area contributed by atoms with E-state index in [0.717, 1.165) is 5.69 Å². The molecule has 0 N–H and O–H groups in total. The molecule has 0 radical (unpaired) electrons. The maximum Gasteiger partial charge on any atom is 0.189 e. The Morgan fingerprint density at radius 3 is 2.67 bits per heavy atom. The predicted molar refractivity (Wildman–Crippen MR) is 29.6 cm³/mol. The molecule has 0 aliphatic rings. The zero-order chi connectivity index (χ0) is 6.85. The third kappa shape index (κ3) is 1.38. The van der Waals surface area contributed by atoms with Crippen molar-refractivity contribution in [2.45, 2.75) is 6.92 Å². The van der Waals surface area contributed by atoms with E-state index in [2.05, 4.69) is 4.98 Å². The van der Waals surface area contributed by atoms with E-state index in [0.29, 0.717) is 0 Å². The van der Waals surface area contributed by atoms with Crippen LogP contribution in [0.2, 0.25) is 0 Å². The van der Waals surface area contributed by atoms with Crippen LogP contribution in [0.3, 0.4) is 0 Å². The minimum absolute atomic E-state index is 0.183. The summed E-state index contributed by atoms with van der Waals surface area (Å²) in [6, 6.07) is 0. The molecule has 1 aromatic rings. The molecule has 0 saturated heterocycles. The molecule has 0 fully saturated rings. The van der Waals surface area contributed by atoms with E-state index in [1.807, 2.05) is 0 Å². The molecule has 1 heterocycles. The van der Waals surface area contributed by atoms with Crippen LogP contribution in [0.25, 0.3) is 0 Å². The van der Waals surface area contributed by atoms with Gasteiger partial charge in [-0.2, -0.15) is 0 Å². The maximum absolute atomic E-state index is 10.6. The molecule has 0 spiro atoms. The average molecular weight is 124 g/mol. The number of rotatable bonds is 0. The quantitative estimate of drug-likeness (QED) is 0.428. The molecule has 1 rings (SSSR count). The standard InChI is InChI=1S/C6H8N2O/c1-5-3-8(2)4-6(9)7-5/h3-4H,1-2H3. The lowest BCUT2D eigenvalue weighted by atomic mass is 10.5. The Hall–Kier alpha value is -1.12. The first-order valence-corrected chi connectivity index (χ1v) is 2.69. The van der Waals surface area contributed by atoms with Gasteiger partial charge in [0.15, 0.2) is 12.4 Å². The summed E-state index contributed by atoms with van der Waals surface area (Å²) in [6.07, 6.45) is 3.23. The normalized spacial score (nSPS) is 9.56. The van der Waals surface area contributed by atoms with Gasteiger partial charge >= 0.3 is 0 Å². The third-order valence-corrected chi connectivity index (χ3v) is 0.991. The molecule has 0 unspecified atom stereocenters. The first kappa shape index (κ1) is 6.01. The highest BCUT2D eigenvalue weighted by atomic mass is 16.3. The number of aryl methyl sites for hydroxylation is 2. The van der Waals surface area contributed by atoms with Gasteiger partial charge in [0, 0.05) is 0 Å². The summed E-state index contributed by atoms with van der Waals surface area (Å²) in [5.41, 5.74) is 0.755. The van der Waals surface area contributed by atoms with E-state index in [-0.39, 0.29) is 5.88 Å². The van der Waals surface area contributed by atoms with Crippen LogP contribution in [0.1, 0.15) is 5.69 Å². The van der Waals surface area contributed by atoms with Gasteiger partial charge in [0.2, 0.25) is 0 Å². The van der Waals surface area contributed by atoms with Crippen molar-refractivity contribution in [3.8, 4) is 5.88 Å². The number of nitrogens with zero attached hydrogens (tertiary/aromatic N) is 2. The Bertz CT molecular complexity index is 172. The summed E-state index contributed by atoms with van der Waals surface area (Å²) in [6.45, 7) is 1.79. The van der Waals surface area contributed by atoms with Gasteiger partial charge in [-0.05, 0) is 6.92 Å². The lowest BCUT2D eigenvalue weighted by Crippen LogP contribution is -2.28. The zero-order valence-electron chi connectivity index (χ0n) is 5.46. The summed E-state index contributed by atoms with van der Waals surface area (Å²) in [5, 5.41) is 10.6. The lowest BCUT2D eigenvalue weighted by molar-refractivity contribution is -0.675. The molecular weight excluding hydrogens is 116 g/mol. The van der Waals surface area contributed by atoms with Gasteiger partial charge in [-0.25, -0.2) is 4.57 Å². The summed E-state index contributed by atoms with van der Waals surface area (Å²) in [4.78, 5) is 3.66. The highest BCUT2D eigenvalue weighted by Crippen LogP contribution is 1.92. The fourth-order valence-corrected chi connectivity index (χ4v) is 0.738. The summed E-state index contributed by atoms with van der Waals surface area (Å²) < 4.78 is 1.70. The number of hydrogen-bond acceptors (Lipinski definition) is 2. The lowest BCUT2D eigenvalue weighted by Gasteiger charge is -1.99. The first-order valence-electron chi connectivity index (χ1n) is 2.69. The third-order valence-electron chi connectivity index (χ3n) is 0.991. The van der Waals surface area contributed by atoms with Gasteiger partial charge in [0.05, 0.1) is 5.88 Å². The van der Waals surface area contributed by atoms with Crippen molar-refractivity contribution < 1.29 is 9.67 Å². The zero-order valence-corrected chi connectivity index (χ0v) is 5.46. The van der Waals surface area contributed by atoms with Gasteiger partial charge in [-0.1, -0.05) is 0 Å². The van der Waals surface area contributed by atoms with Crippen LogP contribution in [-0.4, -0.2) is 4.98 Å². The fourth-order valence-electron chi connectivity index (χ4n) is 0.738. The van der Waals surface area contributed by atoms with Crippen molar-refractivity contribution in [1.82, 2.24) is 4.98 Å². The van der Waals surface area contributed by atoms with Crippen LogP contribution in [0.5, 0.6) is 5.88 Å². The van der Waals surface area contributed by atoms with Gasteiger partial charge in [0.25, 0.3) is 0 Å². The largest absolute Gasteiger partial charge is 0.854 e. The maximum atomic E-state index is 10.6. The molecule has 0 saturated carbocycles. The number of aromatic nitrogens is 2. The van der Waals surface area contributed by atoms with Crippen LogP contribution in [0.4, 0.5) is 0 Å². The fraction of sp³-hybridized carbons (Fsp3) is 0.333. The predicted octanol–water partition coefficient (Wildman–Crippen LogP) is -0.712. The molecular formula is C6H8N2O. The van der Waals surface area contributed by atoms with E-state index < -0.39 is 0 Å². The van der Waals surface area contributed by atoms with Crippen LogP contribution < -0.4 is 9.67 Å². The van der Waals surface area contributed by atoms with Crippen molar-refractivity contribution in [3.63, 3.8) is 0 Å². The second-order valence-electron chi connectivity index (χ2n) is 2.02. The molecule has 3 heteroatoms. The topological polar surface area (TPSA) is 39.8 Å². The minimum atomic E-state index is -0.183. The molecule has 48 valence electrons. The highest BCUT2D eigenvalue weighted by Gasteiger charge is 1.92. The molecule has 0 aliphatic carbocycles. The van der Waals surface area contributed by atoms with Crippen molar-refractivity contribution in [1.29, 1.82) is 0 Å². The minimum Gasteiger partial charge on any atom is -0.854 e. The smallest absolute Gasteiger partial charge is 0.189 e. The first-order chi connectivity index (χ1) is 4.18. The van der Waals surface area contributed by atoms with Crippen molar-refractivity contribution in [2.75, 3.05) is 0 Å². The van der Waals surface area contributed by atoms with Gasteiger partial charge in [-0.15, -0.1) is 0 Å². The molecule has 0 aromatic carbocycles. The molecule has 0 amide bonds. The van der Waals surface area contributed by atoms with E-state index in [9.17, 15) is 5.11 Å². The Morgan fingerprint density at radius 2 is 2.22 bits per heavy atom. The summed E-state index contributed by atoms with van der Waals surface area (Å²) in [7, 11) is 1.80. The van der Waals surface area contributed by atoms with Crippen LogP contribution in [0, 0.1) is 6.92 Å². The van der Waals surface area contributed by atoms with Gasteiger partial charge in [0.1, 0.15) is 12.7 Å². The van der Waals surface area contributed by atoms with Crippen LogP contribution in [0.15, 0.2) is 12.4 Å². The highest BCUT2D eigenvalue weighted by molar-refractivity contribution is 4.98. The van der Waals surface area contributed by atoms with Crippen molar-refractivity contribution in [2.24, 2.45) is 7.05 Å². The monoisotopic (exact) mass is 124 g/mol. The second-order valence-corrected chi connectivity index (χ2v) is 2.02.